The van der Waals surface area contributed by atoms with E-state index in [1.54, 1.807) is 7.11 Å². The molecule has 110 valence electrons. The van der Waals surface area contributed by atoms with Crippen molar-refractivity contribution < 1.29 is 9.47 Å². The number of halogens is 1. The lowest BCUT2D eigenvalue weighted by atomic mass is 9.92. The number of alkyl halides is 1. The lowest BCUT2D eigenvalue weighted by Crippen LogP contribution is -2.08. The molecule has 3 rings (SSSR count). The first kappa shape index (κ1) is 14.5. The van der Waals surface area contributed by atoms with Crippen molar-refractivity contribution in [3.8, 4) is 11.5 Å². The SMILES string of the molecule is COc1c(C)cc(C(Br)C2COc3ccccc32)cc1C. The zero-order valence-electron chi connectivity index (χ0n) is 12.5. The largest absolute Gasteiger partial charge is 0.496 e. The maximum absolute atomic E-state index is 5.80. The molecule has 3 heteroatoms. The lowest BCUT2D eigenvalue weighted by molar-refractivity contribution is 0.329. The third kappa shape index (κ3) is 2.55. The quantitative estimate of drug-likeness (QED) is 0.734. The Kier molecular flexibility index (Phi) is 3.94. The first-order chi connectivity index (χ1) is 10.1. The maximum Gasteiger partial charge on any atom is 0.124 e. The zero-order chi connectivity index (χ0) is 15.0. The number of methoxy groups -OCH3 is 1. The average molecular weight is 347 g/mol. The molecular formula is C18H19BrO2. The molecule has 0 spiro atoms. The molecule has 0 radical (unpaired) electrons. The van der Waals surface area contributed by atoms with Gasteiger partial charge in [0.05, 0.1) is 13.7 Å². The Morgan fingerprint density at radius 1 is 1.19 bits per heavy atom. The Labute approximate surface area is 134 Å². The minimum atomic E-state index is 0.240. The molecule has 0 aromatic heterocycles. The molecule has 1 heterocycles. The third-order valence-corrected chi connectivity index (χ3v) is 5.26. The van der Waals surface area contributed by atoms with Gasteiger partial charge in [0.2, 0.25) is 0 Å². The van der Waals surface area contributed by atoms with E-state index in [4.69, 9.17) is 9.47 Å². The first-order valence-electron chi connectivity index (χ1n) is 7.12. The van der Waals surface area contributed by atoms with Crippen LogP contribution in [0.3, 0.4) is 0 Å². The van der Waals surface area contributed by atoms with E-state index in [0.29, 0.717) is 5.92 Å². The van der Waals surface area contributed by atoms with Crippen LogP contribution in [-0.2, 0) is 0 Å². The fraction of sp³-hybridized carbons (Fsp3) is 0.333. The molecule has 0 saturated carbocycles. The number of benzene rings is 2. The Morgan fingerprint density at radius 3 is 2.52 bits per heavy atom. The molecule has 0 N–H and O–H groups in total. The van der Waals surface area contributed by atoms with Crippen LogP contribution in [0, 0.1) is 13.8 Å². The van der Waals surface area contributed by atoms with Crippen molar-refractivity contribution in [3.63, 3.8) is 0 Å². The molecule has 1 aliphatic rings. The molecule has 2 atom stereocenters. The van der Waals surface area contributed by atoms with Gasteiger partial charge in [-0.15, -0.1) is 0 Å². The van der Waals surface area contributed by atoms with Gasteiger partial charge >= 0.3 is 0 Å². The monoisotopic (exact) mass is 346 g/mol. The Bertz CT molecular complexity index is 643. The van der Waals surface area contributed by atoms with Gasteiger partial charge in [-0.25, -0.2) is 0 Å². The van der Waals surface area contributed by atoms with Crippen molar-refractivity contribution in [3.05, 3.63) is 58.7 Å². The van der Waals surface area contributed by atoms with Gasteiger partial charge in [0.15, 0.2) is 0 Å². The fourth-order valence-electron chi connectivity index (χ4n) is 3.13. The van der Waals surface area contributed by atoms with Crippen molar-refractivity contribution in [2.75, 3.05) is 13.7 Å². The van der Waals surface area contributed by atoms with E-state index in [-0.39, 0.29) is 4.83 Å². The summed E-state index contributed by atoms with van der Waals surface area (Å²) < 4.78 is 11.3. The van der Waals surface area contributed by atoms with Gasteiger partial charge in [0.25, 0.3) is 0 Å². The number of aryl methyl sites for hydroxylation is 2. The fourth-order valence-corrected chi connectivity index (χ4v) is 3.83. The molecule has 1 aliphatic heterocycles. The van der Waals surface area contributed by atoms with Gasteiger partial charge in [-0.2, -0.15) is 0 Å². The Morgan fingerprint density at radius 2 is 1.86 bits per heavy atom. The van der Waals surface area contributed by atoms with Crippen LogP contribution in [0.4, 0.5) is 0 Å². The number of fused-ring (bicyclic) bond motifs is 1. The number of hydrogen-bond acceptors (Lipinski definition) is 2. The Balaban J connectivity index is 1.95. The van der Waals surface area contributed by atoms with E-state index >= 15 is 0 Å². The second-order valence-electron chi connectivity index (χ2n) is 5.55. The van der Waals surface area contributed by atoms with Crippen LogP contribution < -0.4 is 9.47 Å². The molecule has 2 nitrogen and oxygen atoms in total. The van der Waals surface area contributed by atoms with E-state index in [1.807, 2.05) is 12.1 Å². The van der Waals surface area contributed by atoms with Gasteiger partial charge in [-0.3, -0.25) is 0 Å². The van der Waals surface area contributed by atoms with E-state index in [9.17, 15) is 0 Å². The smallest absolute Gasteiger partial charge is 0.124 e. The highest BCUT2D eigenvalue weighted by Gasteiger charge is 2.31. The summed E-state index contributed by atoms with van der Waals surface area (Å²) in [5, 5.41) is 0. The van der Waals surface area contributed by atoms with Crippen LogP contribution in [0.5, 0.6) is 11.5 Å². The normalized spacial score (nSPS) is 18.0. The van der Waals surface area contributed by atoms with Crippen molar-refractivity contribution >= 4 is 15.9 Å². The summed E-state index contributed by atoms with van der Waals surface area (Å²) >= 11 is 3.88. The van der Waals surface area contributed by atoms with Crippen molar-refractivity contribution in [2.45, 2.75) is 24.6 Å². The molecular weight excluding hydrogens is 328 g/mol. The predicted molar refractivity (Wildman–Crippen MR) is 88.8 cm³/mol. The minimum absolute atomic E-state index is 0.240. The highest BCUT2D eigenvalue weighted by atomic mass is 79.9. The molecule has 21 heavy (non-hydrogen) atoms. The van der Waals surface area contributed by atoms with Crippen LogP contribution in [0.25, 0.3) is 0 Å². The standard InChI is InChI=1S/C18H19BrO2/c1-11-8-13(9-12(2)18(11)20-3)17(19)15-10-21-16-7-5-4-6-14(15)16/h4-9,15,17H,10H2,1-3H3. The van der Waals surface area contributed by atoms with Gasteiger partial charge in [0, 0.05) is 16.3 Å². The second kappa shape index (κ2) is 5.72. The molecule has 2 aromatic carbocycles. The maximum atomic E-state index is 5.80. The first-order valence-corrected chi connectivity index (χ1v) is 8.04. The number of para-hydroxylation sites is 1. The van der Waals surface area contributed by atoms with Crippen molar-refractivity contribution in [1.29, 1.82) is 0 Å². The van der Waals surface area contributed by atoms with Gasteiger partial charge in [-0.05, 0) is 36.6 Å². The van der Waals surface area contributed by atoms with Crippen LogP contribution in [-0.4, -0.2) is 13.7 Å². The topological polar surface area (TPSA) is 18.5 Å². The summed E-state index contributed by atoms with van der Waals surface area (Å²) in [7, 11) is 1.72. The number of rotatable bonds is 3. The summed E-state index contributed by atoms with van der Waals surface area (Å²) in [5.41, 5.74) is 4.90. The predicted octanol–water partition coefficient (Wildman–Crippen LogP) is 4.92. The molecule has 2 unspecified atom stereocenters. The molecule has 0 fully saturated rings. The van der Waals surface area contributed by atoms with Gasteiger partial charge < -0.3 is 9.47 Å². The summed E-state index contributed by atoms with van der Waals surface area (Å²) in [4.78, 5) is 0.240. The van der Waals surface area contributed by atoms with E-state index in [1.165, 1.54) is 22.3 Å². The zero-order valence-corrected chi connectivity index (χ0v) is 14.1. The molecule has 2 aromatic rings. The van der Waals surface area contributed by atoms with E-state index in [2.05, 4.69) is 54.0 Å². The summed E-state index contributed by atoms with van der Waals surface area (Å²) in [6.07, 6.45) is 0. The second-order valence-corrected chi connectivity index (χ2v) is 6.53. The van der Waals surface area contributed by atoms with Crippen LogP contribution in [0.1, 0.15) is 33.0 Å². The summed E-state index contributed by atoms with van der Waals surface area (Å²) in [6, 6.07) is 12.7. The highest BCUT2D eigenvalue weighted by Crippen LogP contribution is 2.46. The van der Waals surface area contributed by atoms with Gasteiger partial charge in [0.1, 0.15) is 11.5 Å². The molecule has 0 saturated heterocycles. The van der Waals surface area contributed by atoms with Gasteiger partial charge in [-0.1, -0.05) is 46.3 Å². The average Bonchev–Trinajstić information content (AvgIpc) is 2.90. The van der Waals surface area contributed by atoms with E-state index in [0.717, 1.165) is 18.1 Å². The Hall–Kier alpha value is -1.48. The highest BCUT2D eigenvalue weighted by molar-refractivity contribution is 9.09. The van der Waals surface area contributed by atoms with Crippen molar-refractivity contribution in [1.82, 2.24) is 0 Å². The van der Waals surface area contributed by atoms with Crippen molar-refractivity contribution in [2.24, 2.45) is 0 Å². The van der Waals surface area contributed by atoms with E-state index < -0.39 is 0 Å². The summed E-state index contributed by atoms with van der Waals surface area (Å²) in [6.45, 7) is 4.90. The molecule has 0 bridgehead atoms. The lowest BCUT2D eigenvalue weighted by Gasteiger charge is -2.19. The summed E-state index contributed by atoms with van der Waals surface area (Å²) in [5.74, 6) is 2.32. The third-order valence-electron chi connectivity index (χ3n) is 4.10. The minimum Gasteiger partial charge on any atom is -0.496 e. The molecule has 0 aliphatic carbocycles. The van der Waals surface area contributed by atoms with Crippen LogP contribution in [0.2, 0.25) is 0 Å². The number of hydrogen-bond donors (Lipinski definition) is 0. The number of ether oxygens (including phenoxy) is 2. The molecule has 0 amide bonds. The van der Waals surface area contributed by atoms with Crippen LogP contribution >= 0.6 is 15.9 Å². The van der Waals surface area contributed by atoms with Crippen LogP contribution in [0.15, 0.2) is 36.4 Å².